The molecule has 2 aromatic heterocycles. The summed E-state index contributed by atoms with van der Waals surface area (Å²) in [7, 11) is 0. The number of aliphatic hydroxyl groups excluding tert-OH is 1. The minimum Gasteiger partial charge on any atom is -0.396 e. The maximum atomic E-state index is 11.8. The van der Waals surface area contributed by atoms with Gasteiger partial charge in [-0.1, -0.05) is 19.6 Å². The maximum Gasteiger partial charge on any atom is 0.252 e. The summed E-state index contributed by atoms with van der Waals surface area (Å²) in [6, 6.07) is 5.29. The molecule has 2 aromatic rings. The minimum atomic E-state index is -0.242. The first kappa shape index (κ1) is 15.8. The van der Waals surface area contributed by atoms with Gasteiger partial charge >= 0.3 is 0 Å². The number of aromatic nitrogens is 4. The molecule has 0 radical (unpaired) electrons. The van der Waals surface area contributed by atoms with Gasteiger partial charge in [0.15, 0.2) is 5.82 Å². The molecule has 0 aromatic carbocycles. The van der Waals surface area contributed by atoms with Crippen LogP contribution in [0.15, 0.2) is 36.7 Å². The predicted molar refractivity (Wildman–Crippen MR) is 83.0 cm³/mol. The molecule has 0 fully saturated rings. The van der Waals surface area contributed by atoms with Crippen LogP contribution < -0.4 is 5.32 Å². The van der Waals surface area contributed by atoms with Crippen LogP contribution in [0.4, 0.5) is 5.82 Å². The van der Waals surface area contributed by atoms with Crippen molar-refractivity contribution in [3.8, 4) is 11.5 Å². The average molecular weight is 301 g/mol. The number of carbonyl (C=O) groups is 1. The molecule has 0 aliphatic carbocycles. The van der Waals surface area contributed by atoms with E-state index in [-0.39, 0.29) is 12.5 Å². The van der Waals surface area contributed by atoms with Crippen molar-refractivity contribution >= 4 is 11.7 Å². The van der Waals surface area contributed by atoms with E-state index in [2.05, 4.69) is 27.1 Å². The molecule has 22 heavy (non-hydrogen) atoms. The molecule has 0 saturated carbocycles. The fourth-order valence-electron chi connectivity index (χ4n) is 1.85. The van der Waals surface area contributed by atoms with E-state index < -0.39 is 0 Å². The highest BCUT2D eigenvalue weighted by atomic mass is 16.3. The Morgan fingerprint density at radius 1 is 1.45 bits per heavy atom. The zero-order valence-electron chi connectivity index (χ0n) is 12.5. The monoisotopic (exact) mass is 301 g/mol. The number of amides is 1. The van der Waals surface area contributed by atoms with Crippen LogP contribution in [0.3, 0.4) is 0 Å². The molecule has 7 nitrogen and oxygen atoms in total. The standard InChI is InChI=1S/C15H19N5O2/c1-3-11(2)15(22)18-13-7-4-6-12(17-13)14-19-16-10-20(14)8-5-9-21/h4,6-7,10,21H,2-3,5,8-9H2,1H3,(H,17,18,22). The summed E-state index contributed by atoms with van der Waals surface area (Å²) in [5.41, 5.74) is 1.11. The number of hydrogen-bond donors (Lipinski definition) is 2. The summed E-state index contributed by atoms with van der Waals surface area (Å²) in [6.45, 7) is 6.27. The van der Waals surface area contributed by atoms with E-state index in [4.69, 9.17) is 5.11 Å². The van der Waals surface area contributed by atoms with Gasteiger partial charge in [0, 0.05) is 18.7 Å². The van der Waals surface area contributed by atoms with Crippen molar-refractivity contribution in [3.05, 3.63) is 36.7 Å². The Bertz CT molecular complexity index is 665. The molecular weight excluding hydrogens is 282 g/mol. The first-order valence-corrected chi connectivity index (χ1v) is 7.11. The number of nitrogens with one attached hydrogen (secondary N) is 1. The van der Waals surface area contributed by atoms with E-state index in [1.165, 1.54) is 0 Å². The molecule has 1 amide bonds. The smallest absolute Gasteiger partial charge is 0.252 e. The van der Waals surface area contributed by atoms with E-state index in [1.807, 2.05) is 11.5 Å². The van der Waals surface area contributed by atoms with Gasteiger partial charge in [0.05, 0.1) is 0 Å². The second kappa shape index (κ2) is 7.46. The van der Waals surface area contributed by atoms with Crippen LogP contribution in [0.2, 0.25) is 0 Å². The molecule has 116 valence electrons. The fraction of sp³-hybridized carbons (Fsp3) is 0.333. The summed E-state index contributed by atoms with van der Waals surface area (Å²) in [4.78, 5) is 16.2. The highest BCUT2D eigenvalue weighted by molar-refractivity contribution is 6.02. The van der Waals surface area contributed by atoms with Gasteiger partial charge in [-0.05, 0) is 25.0 Å². The van der Waals surface area contributed by atoms with Crippen LogP contribution in [0.25, 0.3) is 11.5 Å². The first-order chi connectivity index (χ1) is 10.7. The van der Waals surface area contributed by atoms with Gasteiger partial charge in [-0.15, -0.1) is 10.2 Å². The third kappa shape index (κ3) is 3.76. The predicted octanol–water partition coefficient (Wildman–Crippen LogP) is 1.63. The number of pyridine rings is 1. The van der Waals surface area contributed by atoms with Crippen molar-refractivity contribution < 1.29 is 9.90 Å². The van der Waals surface area contributed by atoms with Crippen molar-refractivity contribution in [2.45, 2.75) is 26.3 Å². The Morgan fingerprint density at radius 3 is 3.00 bits per heavy atom. The normalized spacial score (nSPS) is 10.5. The summed E-state index contributed by atoms with van der Waals surface area (Å²) >= 11 is 0. The third-order valence-corrected chi connectivity index (χ3v) is 3.14. The molecule has 0 saturated heterocycles. The molecule has 2 N–H and O–H groups in total. The molecule has 0 spiro atoms. The van der Waals surface area contributed by atoms with Gasteiger partial charge in [-0.3, -0.25) is 4.79 Å². The van der Waals surface area contributed by atoms with Crippen LogP contribution >= 0.6 is 0 Å². The van der Waals surface area contributed by atoms with E-state index >= 15 is 0 Å². The quantitative estimate of drug-likeness (QED) is 0.758. The summed E-state index contributed by atoms with van der Waals surface area (Å²) in [5.74, 6) is 0.793. The molecular formula is C15H19N5O2. The number of anilines is 1. The second-order valence-electron chi connectivity index (χ2n) is 4.74. The average Bonchev–Trinajstić information content (AvgIpc) is 3.00. The van der Waals surface area contributed by atoms with E-state index in [9.17, 15) is 4.79 Å². The molecule has 2 rings (SSSR count). The largest absolute Gasteiger partial charge is 0.396 e. The summed E-state index contributed by atoms with van der Waals surface area (Å²) in [6.07, 6.45) is 2.79. The van der Waals surface area contributed by atoms with Crippen molar-refractivity contribution in [2.24, 2.45) is 0 Å². The van der Waals surface area contributed by atoms with Gasteiger partial charge in [-0.2, -0.15) is 0 Å². The Balaban J connectivity index is 2.20. The topological polar surface area (TPSA) is 92.9 Å². The van der Waals surface area contributed by atoms with Crippen LogP contribution in [-0.4, -0.2) is 37.4 Å². The molecule has 0 bridgehead atoms. The van der Waals surface area contributed by atoms with Crippen molar-refractivity contribution in [1.82, 2.24) is 19.7 Å². The van der Waals surface area contributed by atoms with Crippen LogP contribution in [0, 0.1) is 0 Å². The molecule has 7 heteroatoms. The highest BCUT2D eigenvalue weighted by Crippen LogP contribution is 2.17. The second-order valence-corrected chi connectivity index (χ2v) is 4.74. The lowest BCUT2D eigenvalue weighted by Crippen LogP contribution is -2.14. The van der Waals surface area contributed by atoms with Crippen molar-refractivity contribution in [3.63, 3.8) is 0 Å². The first-order valence-electron chi connectivity index (χ1n) is 7.11. The zero-order valence-corrected chi connectivity index (χ0v) is 12.5. The summed E-state index contributed by atoms with van der Waals surface area (Å²) < 4.78 is 1.81. The molecule has 0 aliphatic heterocycles. The highest BCUT2D eigenvalue weighted by Gasteiger charge is 2.11. The molecule has 0 unspecified atom stereocenters. The Morgan fingerprint density at radius 2 is 2.27 bits per heavy atom. The SMILES string of the molecule is C=C(CC)C(=O)Nc1cccc(-c2nncn2CCCO)n1. The van der Waals surface area contributed by atoms with Gasteiger partial charge in [0.2, 0.25) is 0 Å². The Hall–Kier alpha value is -2.54. The molecule has 0 aliphatic rings. The van der Waals surface area contributed by atoms with Crippen molar-refractivity contribution in [2.75, 3.05) is 11.9 Å². The lowest BCUT2D eigenvalue weighted by atomic mass is 10.2. The Labute approximate surface area is 128 Å². The fourth-order valence-corrected chi connectivity index (χ4v) is 1.85. The number of hydrogen-bond acceptors (Lipinski definition) is 5. The van der Waals surface area contributed by atoms with E-state index in [0.717, 1.165) is 0 Å². The minimum absolute atomic E-state index is 0.0975. The number of carbonyl (C=O) groups excluding carboxylic acids is 1. The number of nitrogens with zero attached hydrogens (tertiary/aromatic N) is 4. The van der Waals surface area contributed by atoms with Gasteiger partial charge in [-0.25, -0.2) is 4.98 Å². The molecule has 0 atom stereocenters. The van der Waals surface area contributed by atoms with Gasteiger partial charge < -0.3 is 15.0 Å². The van der Waals surface area contributed by atoms with Crippen LogP contribution in [0.1, 0.15) is 19.8 Å². The van der Waals surface area contributed by atoms with Crippen molar-refractivity contribution in [1.29, 1.82) is 0 Å². The molecule has 2 heterocycles. The number of aliphatic hydroxyl groups is 1. The number of rotatable bonds is 7. The third-order valence-electron chi connectivity index (χ3n) is 3.14. The maximum absolute atomic E-state index is 11.8. The van der Waals surface area contributed by atoms with Crippen LogP contribution in [0.5, 0.6) is 0 Å². The Kier molecular flexibility index (Phi) is 5.37. The van der Waals surface area contributed by atoms with Crippen LogP contribution in [-0.2, 0) is 11.3 Å². The van der Waals surface area contributed by atoms with E-state index in [1.54, 1.807) is 24.5 Å². The van der Waals surface area contributed by atoms with E-state index in [0.29, 0.717) is 42.3 Å². The number of aryl methyl sites for hydroxylation is 1. The van der Waals surface area contributed by atoms with Gasteiger partial charge in [0.1, 0.15) is 17.8 Å². The zero-order chi connectivity index (χ0) is 15.9. The lowest BCUT2D eigenvalue weighted by molar-refractivity contribution is -0.112. The summed E-state index contributed by atoms with van der Waals surface area (Å²) in [5, 5.41) is 19.6. The lowest BCUT2D eigenvalue weighted by Gasteiger charge is -2.08. The van der Waals surface area contributed by atoms with Gasteiger partial charge in [0.25, 0.3) is 5.91 Å².